The average Bonchev–Trinajstić information content (AvgIpc) is 2.46. The summed E-state index contributed by atoms with van der Waals surface area (Å²) in [6.07, 6.45) is -0.230. The van der Waals surface area contributed by atoms with E-state index < -0.39 is 23.8 Å². The van der Waals surface area contributed by atoms with E-state index >= 15 is 0 Å². The first kappa shape index (κ1) is 17.3. The molecule has 2 nitrogen and oxygen atoms in total. The molecule has 0 amide bonds. The molecule has 0 bridgehead atoms. The van der Waals surface area contributed by atoms with Crippen molar-refractivity contribution in [2.24, 2.45) is 0 Å². The summed E-state index contributed by atoms with van der Waals surface area (Å²) in [5.41, 5.74) is 1.47. The van der Waals surface area contributed by atoms with Gasteiger partial charge in [0.25, 0.3) is 0 Å². The molecule has 0 radical (unpaired) electrons. The lowest BCUT2D eigenvalue weighted by atomic mass is 9.99. The molecule has 0 fully saturated rings. The van der Waals surface area contributed by atoms with Crippen LogP contribution in [0.4, 0.5) is 8.78 Å². The lowest BCUT2D eigenvalue weighted by molar-refractivity contribution is 0.122. The van der Waals surface area contributed by atoms with Gasteiger partial charge in [0, 0.05) is 16.2 Å². The Morgan fingerprint density at radius 1 is 1.14 bits per heavy atom. The molecule has 2 aromatic carbocycles. The topological polar surface area (TPSA) is 32.3 Å². The van der Waals surface area contributed by atoms with Crippen molar-refractivity contribution in [3.63, 3.8) is 0 Å². The molecule has 118 valence electrons. The average molecular weight is 417 g/mol. The number of benzene rings is 2. The summed E-state index contributed by atoms with van der Waals surface area (Å²) in [6.45, 7) is 2.34. The van der Waals surface area contributed by atoms with Crippen molar-refractivity contribution in [1.29, 1.82) is 0 Å². The van der Waals surface area contributed by atoms with Gasteiger partial charge in [-0.1, -0.05) is 19.1 Å². The first-order chi connectivity index (χ1) is 10.5. The summed E-state index contributed by atoms with van der Waals surface area (Å²) >= 11 is 2.23. The van der Waals surface area contributed by atoms with Gasteiger partial charge in [0.15, 0.2) is 0 Å². The van der Waals surface area contributed by atoms with Gasteiger partial charge in [-0.3, -0.25) is 0 Å². The molecule has 5 heteroatoms. The van der Waals surface area contributed by atoms with Crippen LogP contribution in [0.15, 0.2) is 42.5 Å². The predicted octanol–water partition coefficient (Wildman–Crippen LogP) is 4.17. The zero-order chi connectivity index (χ0) is 16.1. The van der Waals surface area contributed by atoms with Crippen LogP contribution in [0.25, 0.3) is 0 Å². The molecule has 0 saturated carbocycles. The van der Waals surface area contributed by atoms with E-state index in [9.17, 15) is 13.9 Å². The van der Waals surface area contributed by atoms with Crippen molar-refractivity contribution in [2.45, 2.75) is 32.0 Å². The highest BCUT2D eigenvalue weighted by Crippen LogP contribution is 2.22. The fraction of sp³-hybridized carbons (Fsp3) is 0.294. The van der Waals surface area contributed by atoms with Crippen LogP contribution in [-0.2, 0) is 6.54 Å². The fourth-order valence-electron chi connectivity index (χ4n) is 2.34. The standard InChI is InChI=1S/C17H18F2INO/c1-2-16(22)17(12-7-13(18)9-14(19)8-12)21-10-11-4-3-5-15(20)6-11/h3-9,16-17,21-22H,2,10H2,1H3. The second-order valence-corrected chi connectivity index (χ2v) is 6.41. The third-order valence-corrected chi connectivity index (χ3v) is 4.13. The third kappa shape index (κ3) is 4.72. The third-order valence-electron chi connectivity index (χ3n) is 3.46. The normalized spacial score (nSPS) is 13.9. The number of hydrogen-bond donors (Lipinski definition) is 2. The van der Waals surface area contributed by atoms with Crippen LogP contribution in [0.5, 0.6) is 0 Å². The summed E-state index contributed by atoms with van der Waals surface area (Å²) in [6, 6.07) is 10.8. The summed E-state index contributed by atoms with van der Waals surface area (Å²) in [5, 5.41) is 13.4. The second kappa shape index (κ2) is 7.99. The van der Waals surface area contributed by atoms with E-state index in [1.165, 1.54) is 12.1 Å². The fourth-order valence-corrected chi connectivity index (χ4v) is 2.95. The smallest absolute Gasteiger partial charge is 0.126 e. The SMILES string of the molecule is CCC(O)C(NCc1cccc(I)c1)c1cc(F)cc(F)c1. The molecule has 0 heterocycles. The van der Waals surface area contributed by atoms with E-state index in [1.54, 1.807) is 0 Å². The van der Waals surface area contributed by atoms with Gasteiger partial charge in [-0.15, -0.1) is 0 Å². The van der Waals surface area contributed by atoms with Crippen molar-refractivity contribution in [3.8, 4) is 0 Å². The van der Waals surface area contributed by atoms with Gasteiger partial charge in [-0.05, 0) is 64.4 Å². The second-order valence-electron chi connectivity index (χ2n) is 5.17. The minimum Gasteiger partial charge on any atom is -0.391 e. The van der Waals surface area contributed by atoms with E-state index in [-0.39, 0.29) is 0 Å². The van der Waals surface area contributed by atoms with Crippen molar-refractivity contribution < 1.29 is 13.9 Å². The Kier molecular flexibility index (Phi) is 6.28. The van der Waals surface area contributed by atoms with Crippen LogP contribution < -0.4 is 5.32 Å². The molecule has 0 aliphatic heterocycles. The first-order valence-corrected chi connectivity index (χ1v) is 8.19. The van der Waals surface area contributed by atoms with Crippen molar-refractivity contribution in [1.82, 2.24) is 5.32 Å². The van der Waals surface area contributed by atoms with Gasteiger partial charge in [-0.2, -0.15) is 0 Å². The van der Waals surface area contributed by atoms with Gasteiger partial charge < -0.3 is 10.4 Å². The largest absolute Gasteiger partial charge is 0.391 e. The Morgan fingerprint density at radius 2 is 1.82 bits per heavy atom. The summed E-state index contributed by atoms with van der Waals surface area (Å²) in [7, 11) is 0. The van der Waals surface area contributed by atoms with Gasteiger partial charge in [0.2, 0.25) is 0 Å². The lowest BCUT2D eigenvalue weighted by Crippen LogP contribution is -2.31. The minimum absolute atomic E-state index is 0.414. The van der Waals surface area contributed by atoms with Crippen LogP contribution in [0.1, 0.15) is 30.5 Å². The zero-order valence-corrected chi connectivity index (χ0v) is 14.3. The van der Waals surface area contributed by atoms with Gasteiger partial charge in [0.05, 0.1) is 12.1 Å². The minimum atomic E-state index is -0.719. The molecule has 2 unspecified atom stereocenters. The van der Waals surface area contributed by atoms with Crippen LogP contribution >= 0.6 is 22.6 Å². The van der Waals surface area contributed by atoms with E-state index in [4.69, 9.17) is 0 Å². The predicted molar refractivity (Wildman–Crippen MR) is 91.4 cm³/mol. The molecule has 2 atom stereocenters. The maximum Gasteiger partial charge on any atom is 0.126 e. The molecule has 2 rings (SSSR count). The molecule has 0 aromatic heterocycles. The molecule has 2 aromatic rings. The Labute approximate surface area is 142 Å². The number of rotatable bonds is 6. The molecule has 0 saturated heterocycles. The van der Waals surface area contributed by atoms with Crippen LogP contribution in [0.2, 0.25) is 0 Å². The van der Waals surface area contributed by atoms with Gasteiger partial charge in [0.1, 0.15) is 11.6 Å². The summed E-state index contributed by atoms with van der Waals surface area (Å²) < 4.78 is 28.0. The number of nitrogens with one attached hydrogen (secondary N) is 1. The number of aliphatic hydroxyl groups excluding tert-OH is 1. The molecule has 22 heavy (non-hydrogen) atoms. The van der Waals surface area contributed by atoms with E-state index in [1.807, 2.05) is 31.2 Å². The zero-order valence-electron chi connectivity index (χ0n) is 12.2. The molecule has 2 N–H and O–H groups in total. The monoisotopic (exact) mass is 417 g/mol. The number of halogens is 3. The van der Waals surface area contributed by atoms with Crippen LogP contribution in [0, 0.1) is 15.2 Å². The highest BCUT2D eigenvalue weighted by molar-refractivity contribution is 14.1. The van der Waals surface area contributed by atoms with Crippen molar-refractivity contribution in [2.75, 3.05) is 0 Å². The van der Waals surface area contributed by atoms with E-state index in [2.05, 4.69) is 27.9 Å². The van der Waals surface area contributed by atoms with E-state index in [0.29, 0.717) is 18.5 Å². The lowest BCUT2D eigenvalue weighted by Gasteiger charge is -2.24. The van der Waals surface area contributed by atoms with Crippen LogP contribution in [0.3, 0.4) is 0 Å². The Morgan fingerprint density at radius 3 is 2.41 bits per heavy atom. The summed E-state index contributed by atoms with van der Waals surface area (Å²) in [5.74, 6) is -1.28. The Hall–Kier alpha value is -1.05. The quantitative estimate of drug-likeness (QED) is 0.692. The molecular weight excluding hydrogens is 399 g/mol. The van der Waals surface area contributed by atoms with Crippen LogP contribution in [-0.4, -0.2) is 11.2 Å². The van der Waals surface area contributed by atoms with E-state index in [0.717, 1.165) is 15.2 Å². The maximum atomic E-state index is 13.4. The van der Waals surface area contributed by atoms with Crippen molar-refractivity contribution >= 4 is 22.6 Å². The molecule has 0 aliphatic rings. The highest BCUT2D eigenvalue weighted by Gasteiger charge is 2.20. The summed E-state index contributed by atoms with van der Waals surface area (Å²) in [4.78, 5) is 0. The maximum absolute atomic E-state index is 13.4. The molecule has 0 aliphatic carbocycles. The molecular formula is C17H18F2INO. The van der Waals surface area contributed by atoms with Crippen molar-refractivity contribution in [3.05, 3.63) is 68.8 Å². The highest BCUT2D eigenvalue weighted by atomic mass is 127. The Balaban J connectivity index is 2.19. The number of hydrogen-bond acceptors (Lipinski definition) is 2. The molecule has 0 spiro atoms. The Bertz CT molecular complexity index is 616. The van der Waals surface area contributed by atoms with Gasteiger partial charge in [-0.25, -0.2) is 8.78 Å². The first-order valence-electron chi connectivity index (χ1n) is 7.11. The van der Waals surface area contributed by atoms with Gasteiger partial charge >= 0.3 is 0 Å². The number of aliphatic hydroxyl groups is 1.